The minimum atomic E-state index is 0.251. The van der Waals surface area contributed by atoms with Crippen LogP contribution in [0.1, 0.15) is 12.2 Å². The summed E-state index contributed by atoms with van der Waals surface area (Å²) in [4.78, 5) is 16.5. The van der Waals surface area contributed by atoms with E-state index in [1.165, 1.54) is 6.42 Å². The Morgan fingerprint density at radius 2 is 2.17 bits per heavy atom. The smallest absolute Gasteiger partial charge is 0.130 e. The number of nitrogens with two attached hydrogens (primary N) is 1. The standard InChI is InChI=1S/C17H21N7/c18-12-10-24(11-12)17-4-1-3-13(22-17)14-9-20-16(21-14)6-5-15(19)23-7-2-8-23/h1,3-6,9,12,19H,2,7-8,10-11,18H2,(H,20,21)/b6-5-,19-15?. The van der Waals surface area contributed by atoms with E-state index in [0.29, 0.717) is 5.84 Å². The highest BCUT2D eigenvalue weighted by molar-refractivity contribution is 5.94. The van der Waals surface area contributed by atoms with Crippen LogP contribution in [0.3, 0.4) is 0 Å². The van der Waals surface area contributed by atoms with E-state index in [4.69, 9.17) is 11.1 Å². The molecular formula is C17H21N7. The van der Waals surface area contributed by atoms with Crippen molar-refractivity contribution in [2.24, 2.45) is 5.73 Å². The fourth-order valence-corrected chi connectivity index (χ4v) is 2.82. The molecule has 124 valence electrons. The highest BCUT2D eigenvalue weighted by atomic mass is 15.3. The first-order valence-corrected chi connectivity index (χ1v) is 8.23. The van der Waals surface area contributed by atoms with Crippen LogP contribution in [0.5, 0.6) is 0 Å². The van der Waals surface area contributed by atoms with Crippen molar-refractivity contribution in [3.05, 3.63) is 36.3 Å². The molecule has 7 heteroatoms. The number of nitrogens with zero attached hydrogens (tertiary/aromatic N) is 4. The Hall–Kier alpha value is -2.67. The van der Waals surface area contributed by atoms with Crippen LogP contribution in [-0.2, 0) is 0 Å². The summed E-state index contributed by atoms with van der Waals surface area (Å²) in [7, 11) is 0. The first-order valence-electron chi connectivity index (χ1n) is 8.23. The lowest BCUT2D eigenvalue weighted by Gasteiger charge is -2.37. The van der Waals surface area contributed by atoms with Crippen molar-refractivity contribution in [1.82, 2.24) is 19.9 Å². The molecule has 0 spiro atoms. The van der Waals surface area contributed by atoms with Gasteiger partial charge in [0.1, 0.15) is 17.5 Å². The zero-order valence-electron chi connectivity index (χ0n) is 13.4. The van der Waals surface area contributed by atoms with Crippen LogP contribution in [-0.4, -0.2) is 57.9 Å². The van der Waals surface area contributed by atoms with Crippen molar-refractivity contribution in [1.29, 1.82) is 5.41 Å². The van der Waals surface area contributed by atoms with Crippen molar-refractivity contribution in [3.63, 3.8) is 0 Å². The summed E-state index contributed by atoms with van der Waals surface area (Å²) in [6, 6.07) is 6.21. The van der Waals surface area contributed by atoms with Crippen LogP contribution in [0.2, 0.25) is 0 Å². The lowest BCUT2D eigenvalue weighted by molar-refractivity contribution is 0.300. The summed E-state index contributed by atoms with van der Waals surface area (Å²) in [6.07, 6.45) is 6.57. The summed E-state index contributed by atoms with van der Waals surface area (Å²) in [5, 5.41) is 7.95. The van der Waals surface area contributed by atoms with Gasteiger partial charge in [0.05, 0.1) is 17.6 Å². The molecule has 4 heterocycles. The molecule has 0 atom stereocenters. The number of H-pyrrole nitrogens is 1. The molecule has 0 unspecified atom stereocenters. The van der Waals surface area contributed by atoms with Gasteiger partial charge in [-0.1, -0.05) is 6.07 Å². The zero-order valence-corrected chi connectivity index (χ0v) is 13.4. The molecule has 2 fully saturated rings. The third kappa shape index (κ3) is 2.90. The van der Waals surface area contributed by atoms with E-state index in [1.807, 2.05) is 29.2 Å². The normalized spacial score (nSPS) is 17.9. The number of hydrogen-bond acceptors (Lipinski definition) is 5. The SMILES string of the molecule is N=C(/C=C\c1ncc(-c2cccc(N3CC(N)C3)n2)[nH]1)N1CCC1. The highest BCUT2D eigenvalue weighted by Gasteiger charge is 2.24. The van der Waals surface area contributed by atoms with Crippen molar-refractivity contribution >= 4 is 17.7 Å². The molecule has 0 aromatic carbocycles. The Morgan fingerprint density at radius 3 is 2.88 bits per heavy atom. The molecule has 2 aromatic heterocycles. The molecule has 0 aliphatic carbocycles. The van der Waals surface area contributed by atoms with Crippen molar-refractivity contribution < 1.29 is 0 Å². The fraction of sp³-hybridized carbons (Fsp3) is 0.353. The molecule has 0 radical (unpaired) electrons. The number of imidazole rings is 1. The van der Waals surface area contributed by atoms with Gasteiger partial charge in [0, 0.05) is 32.2 Å². The van der Waals surface area contributed by atoms with Gasteiger partial charge < -0.3 is 20.5 Å². The van der Waals surface area contributed by atoms with Crippen LogP contribution < -0.4 is 10.6 Å². The third-order valence-corrected chi connectivity index (χ3v) is 4.44. The first kappa shape index (κ1) is 14.9. The summed E-state index contributed by atoms with van der Waals surface area (Å²) >= 11 is 0. The molecule has 7 nitrogen and oxygen atoms in total. The minimum Gasteiger partial charge on any atom is -0.357 e. The van der Waals surface area contributed by atoms with Crippen LogP contribution >= 0.6 is 0 Å². The maximum absolute atomic E-state index is 7.95. The monoisotopic (exact) mass is 323 g/mol. The topological polar surface area (TPSA) is 97.9 Å². The van der Waals surface area contributed by atoms with Gasteiger partial charge in [0.25, 0.3) is 0 Å². The van der Waals surface area contributed by atoms with Gasteiger partial charge in [-0.2, -0.15) is 0 Å². The Labute approximate surface area is 140 Å². The number of aromatic nitrogens is 3. The molecule has 0 bridgehead atoms. The van der Waals surface area contributed by atoms with E-state index in [1.54, 1.807) is 12.3 Å². The average Bonchev–Trinajstić information content (AvgIpc) is 2.97. The Balaban J connectivity index is 1.47. The Morgan fingerprint density at radius 1 is 1.33 bits per heavy atom. The summed E-state index contributed by atoms with van der Waals surface area (Å²) in [6.45, 7) is 3.66. The molecule has 2 aliphatic rings. The van der Waals surface area contributed by atoms with Gasteiger partial charge >= 0.3 is 0 Å². The van der Waals surface area contributed by atoms with E-state index in [2.05, 4.69) is 19.9 Å². The first-order chi connectivity index (χ1) is 11.7. The molecule has 0 amide bonds. The molecule has 2 aliphatic heterocycles. The average molecular weight is 323 g/mol. The molecule has 24 heavy (non-hydrogen) atoms. The van der Waals surface area contributed by atoms with E-state index < -0.39 is 0 Å². The quantitative estimate of drug-likeness (QED) is 0.582. The van der Waals surface area contributed by atoms with Crippen molar-refractivity contribution in [2.75, 3.05) is 31.1 Å². The van der Waals surface area contributed by atoms with Crippen LogP contribution in [0.4, 0.5) is 5.82 Å². The molecule has 0 saturated carbocycles. The number of likely N-dealkylation sites (tertiary alicyclic amines) is 1. The second-order valence-corrected chi connectivity index (χ2v) is 6.29. The second-order valence-electron chi connectivity index (χ2n) is 6.29. The number of anilines is 1. The van der Waals surface area contributed by atoms with Gasteiger partial charge in [0.15, 0.2) is 0 Å². The molecule has 2 aromatic rings. The zero-order chi connectivity index (χ0) is 16.5. The lowest BCUT2D eigenvalue weighted by atomic mass is 10.1. The second kappa shape index (κ2) is 6.09. The van der Waals surface area contributed by atoms with Crippen molar-refractivity contribution in [2.45, 2.75) is 12.5 Å². The number of pyridine rings is 1. The molecular weight excluding hydrogens is 302 g/mol. The van der Waals surface area contributed by atoms with Crippen LogP contribution in [0.15, 0.2) is 30.5 Å². The lowest BCUT2D eigenvalue weighted by Crippen LogP contribution is -2.56. The number of rotatable bonds is 4. The predicted molar refractivity (Wildman–Crippen MR) is 95.0 cm³/mol. The van der Waals surface area contributed by atoms with Gasteiger partial charge in [-0.05, 0) is 30.7 Å². The maximum atomic E-state index is 7.95. The number of amidine groups is 1. The minimum absolute atomic E-state index is 0.251. The number of nitrogens with one attached hydrogen (secondary N) is 2. The molecule has 4 N–H and O–H groups in total. The predicted octanol–water partition coefficient (Wildman–Crippen LogP) is 1.32. The summed E-state index contributed by atoms with van der Waals surface area (Å²) in [5.41, 5.74) is 7.57. The molecule has 2 saturated heterocycles. The highest BCUT2D eigenvalue weighted by Crippen LogP contribution is 2.22. The number of aromatic amines is 1. The van der Waals surface area contributed by atoms with Gasteiger partial charge in [-0.25, -0.2) is 9.97 Å². The van der Waals surface area contributed by atoms with E-state index >= 15 is 0 Å². The van der Waals surface area contributed by atoms with Gasteiger partial charge in [0.2, 0.25) is 0 Å². The van der Waals surface area contributed by atoms with E-state index in [0.717, 1.165) is 49.2 Å². The Bertz CT molecular complexity index is 769. The number of hydrogen-bond donors (Lipinski definition) is 3. The van der Waals surface area contributed by atoms with Gasteiger partial charge in [-0.15, -0.1) is 0 Å². The maximum Gasteiger partial charge on any atom is 0.130 e. The van der Waals surface area contributed by atoms with Gasteiger partial charge in [-0.3, -0.25) is 5.41 Å². The summed E-state index contributed by atoms with van der Waals surface area (Å²) < 4.78 is 0. The third-order valence-electron chi connectivity index (χ3n) is 4.44. The Kier molecular flexibility index (Phi) is 3.78. The van der Waals surface area contributed by atoms with Crippen LogP contribution in [0, 0.1) is 5.41 Å². The molecule has 4 rings (SSSR count). The largest absolute Gasteiger partial charge is 0.357 e. The van der Waals surface area contributed by atoms with E-state index in [-0.39, 0.29) is 6.04 Å². The van der Waals surface area contributed by atoms with E-state index in [9.17, 15) is 0 Å². The fourth-order valence-electron chi connectivity index (χ4n) is 2.82. The van der Waals surface area contributed by atoms with Crippen LogP contribution in [0.25, 0.3) is 17.5 Å². The van der Waals surface area contributed by atoms with Crippen molar-refractivity contribution in [3.8, 4) is 11.4 Å². The summed E-state index contributed by atoms with van der Waals surface area (Å²) in [5.74, 6) is 2.21.